The lowest BCUT2D eigenvalue weighted by Gasteiger charge is -2.28. The Balaban J connectivity index is 1.58. The van der Waals surface area contributed by atoms with Gasteiger partial charge in [0.25, 0.3) is 5.91 Å². The molecule has 0 aliphatic carbocycles. The van der Waals surface area contributed by atoms with E-state index >= 15 is 0 Å². The molecule has 2 aromatic rings. The van der Waals surface area contributed by atoms with Gasteiger partial charge in [0.1, 0.15) is 5.75 Å². The predicted molar refractivity (Wildman–Crippen MR) is 106 cm³/mol. The van der Waals surface area contributed by atoms with Crippen LogP contribution in [0.1, 0.15) is 24.5 Å². The van der Waals surface area contributed by atoms with Gasteiger partial charge in [0.05, 0.1) is 5.02 Å². The first-order chi connectivity index (χ1) is 12.4. The summed E-state index contributed by atoms with van der Waals surface area (Å²) in [6, 6.07) is 11.3. The number of halogens is 2. The Labute approximate surface area is 164 Å². The number of fused-ring (bicyclic) bond motifs is 1. The zero-order valence-corrected chi connectivity index (χ0v) is 16.4. The van der Waals surface area contributed by atoms with Gasteiger partial charge in [-0.3, -0.25) is 4.79 Å². The van der Waals surface area contributed by atoms with Crippen LogP contribution in [-0.4, -0.2) is 25.6 Å². The molecule has 3 rings (SSSR count). The maximum absolute atomic E-state index is 12.3. The number of hydrogen-bond acceptors (Lipinski definition) is 3. The van der Waals surface area contributed by atoms with Gasteiger partial charge in [0.2, 0.25) is 0 Å². The number of aryl methyl sites for hydroxylation is 1. The molecule has 1 unspecified atom stereocenters. The lowest BCUT2D eigenvalue weighted by atomic mass is 9.99. The summed E-state index contributed by atoms with van der Waals surface area (Å²) in [5.41, 5.74) is 3.70. The number of amides is 1. The highest BCUT2D eigenvalue weighted by Crippen LogP contribution is 2.29. The number of nitrogens with one attached hydrogen (secondary N) is 1. The van der Waals surface area contributed by atoms with Gasteiger partial charge in [-0.25, -0.2) is 0 Å². The van der Waals surface area contributed by atoms with Crippen molar-refractivity contribution in [3.63, 3.8) is 0 Å². The van der Waals surface area contributed by atoms with Crippen molar-refractivity contribution >= 4 is 34.8 Å². The Morgan fingerprint density at radius 1 is 1.27 bits per heavy atom. The second kappa shape index (κ2) is 8.19. The Morgan fingerprint density at radius 3 is 2.85 bits per heavy atom. The number of carbonyl (C=O) groups is 1. The molecule has 1 heterocycles. The van der Waals surface area contributed by atoms with E-state index in [1.807, 2.05) is 0 Å². The van der Waals surface area contributed by atoms with Crippen LogP contribution in [0, 0.1) is 0 Å². The molecule has 1 N–H and O–H groups in total. The summed E-state index contributed by atoms with van der Waals surface area (Å²) in [6.07, 6.45) is 1.58. The first-order valence-electron chi connectivity index (χ1n) is 8.66. The van der Waals surface area contributed by atoms with Crippen LogP contribution in [-0.2, 0) is 17.8 Å². The second-order valence-corrected chi connectivity index (χ2v) is 7.38. The third-order valence-electron chi connectivity index (χ3n) is 4.53. The molecule has 1 amide bonds. The number of anilines is 1. The van der Waals surface area contributed by atoms with E-state index in [1.54, 1.807) is 25.1 Å². The molecule has 138 valence electrons. The number of benzene rings is 2. The number of ether oxygens (including phenoxy) is 1. The minimum Gasteiger partial charge on any atom is -0.479 e. The largest absolute Gasteiger partial charge is 0.479 e. The molecular formula is C20H22Cl2N2O2. The second-order valence-electron chi connectivity index (χ2n) is 6.54. The van der Waals surface area contributed by atoms with E-state index in [1.165, 1.54) is 11.3 Å². The number of rotatable bonds is 5. The average molecular weight is 393 g/mol. The van der Waals surface area contributed by atoms with Gasteiger partial charge < -0.3 is 15.0 Å². The van der Waals surface area contributed by atoms with Gasteiger partial charge in [-0.2, -0.15) is 0 Å². The van der Waals surface area contributed by atoms with E-state index in [0.29, 0.717) is 22.3 Å². The van der Waals surface area contributed by atoms with Crippen molar-refractivity contribution in [3.8, 4) is 5.75 Å². The summed E-state index contributed by atoms with van der Waals surface area (Å²) >= 11 is 12.0. The van der Waals surface area contributed by atoms with Crippen LogP contribution in [0.3, 0.4) is 0 Å². The maximum atomic E-state index is 12.3. The zero-order chi connectivity index (χ0) is 18.7. The Hall–Kier alpha value is -1.91. The number of nitrogens with zero attached hydrogens (tertiary/aromatic N) is 1. The third kappa shape index (κ3) is 4.43. The van der Waals surface area contributed by atoms with Gasteiger partial charge in [0, 0.05) is 30.8 Å². The zero-order valence-electron chi connectivity index (χ0n) is 14.9. The van der Waals surface area contributed by atoms with Crippen LogP contribution in [0.15, 0.2) is 36.4 Å². The Bertz CT molecular complexity index is 810. The fourth-order valence-electron chi connectivity index (χ4n) is 3.10. The average Bonchev–Trinajstić information content (AvgIpc) is 2.62. The molecule has 1 aliphatic rings. The number of carbonyl (C=O) groups excluding carboxylic acids is 1. The molecule has 6 heteroatoms. The fraction of sp³-hybridized carbons (Fsp3) is 0.350. The molecule has 0 bridgehead atoms. The summed E-state index contributed by atoms with van der Waals surface area (Å²) in [5.74, 6) is 0.251. The van der Waals surface area contributed by atoms with Crippen molar-refractivity contribution in [1.29, 1.82) is 0 Å². The van der Waals surface area contributed by atoms with Gasteiger partial charge in [0.15, 0.2) is 6.10 Å². The standard InChI is InChI=1S/C20H22Cl2N2O2/c1-13(26-19-8-6-16(21)11-17(19)22)20(25)23-12-14-5-7-18-15(10-14)4-3-9-24(18)2/h5-8,10-11,13H,3-4,9,12H2,1-2H3,(H,23,25). The van der Waals surface area contributed by atoms with Crippen molar-refractivity contribution in [2.45, 2.75) is 32.4 Å². The normalized spacial score (nSPS) is 14.5. The van der Waals surface area contributed by atoms with Crippen molar-refractivity contribution in [3.05, 3.63) is 57.6 Å². The van der Waals surface area contributed by atoms with E-state index < -0.39 is 6.10 Å². The van der Waals surface area contributed by atoms with Crippen LogP contribution >= 0.6 is 23.2 Å². The predicted octanol–water partition coefficient (Wildman–Crippen LogP) is 4.46. The van der Waals surface area contributed by atoms with Crippen molar-refractivity contribution in [2.24, 2.45) is 0 Å². The first-order valence-corrected chi connectivity index (χ1v) is 9.42. The summed E-state index contributed by atoms with van der Waals surface area (Å²) < 4.78 is 5.65. The van der Waals surface area contributed by atoms with E-state index in [9.17, 15) is 4.79 Å². The summed E-state index contributed by atoms with van der Waals surface area (Å²) in [5, 5.41) is 3.83. The van der Waals surface area contributed by atoms with Crippen LogP contribution in [0.25, 0.3) is 0 Å². The van der Waals surface area contributed by atoms with Gasteiger partial charge >= 0.3 is 0 Å². The van der Waals surface area contributed by atoms with Crippen LogP contribution in [0.2, 0.25) is 10.0 Å². The monoisotopic (exact) mass is 392 g/mol. The molecule has 0 fully saturated rings. The highest BCUT2D eigenvalue weighted by atomic mass is 35.5. The summed E-state index contributed by atoms with van der Waals surface area (Å²) in [6.45, 7) is 3.26. The minimum absolute atomic E-state index is 0.189. The SMILES string of the molecule is CC(Oc1ccc(Cl)cc1Cl)C(=O)NCc1ccc2c(c1)CCCN2C. The van der Waals surface area contributed by atoms with Crippen molar-refractivity contribution in [1.82, 2.24) is 5.32 Å². The smallest absolute Gasteiger partial charge is 0.261 e. The Kier molecular flexibility index (Phi) is 5.94. The molecule has 0 radical (unpaired) electrons. The molecular weight excluding hydrogens is 371 g/mol. The fourth-order valence-corrected chi connectivity index (χ4v) is 3.55. The molecule has 26 heavy (non-hydrogen) atoms. The molecule has 0 saturated heterocycles. The highest BCUT2D eigenvalue weighted by Gasteiger charge is 2.17. The molecule has 2 aromatic carbocycles. The van der Waals surface area contributed by atoms with Crippen LogP contribution in [0.5, 0.6) is 5.75 Å². The van der Waals surface area contributed by atoms with Crippen LogP contribution < -0.4 is 15.0 Å². The van der Waals surface area contributed by atoms with Gasteiger partial charge in [-0.15, -0.1) is 0 Å². The van der Waals surface area contributed by atoms with E-state index in [2.05, 4.69) is 35.5 Å². The summed E-state index contributed by atoms with van der Waals surface area (Å²) in [4.78, 5) is 14.6. The van der Waals surface area contributed by atoms with Crippen molar-refractivity contribution < 1.29 is 9.53 Å². The van der Waals surface area contributed by atoms with E-state index in [0.717, 1.165) is 24.9 Å². The molecule has 0 spiro atoms. The third-order valence-corrected chi connectivity index (χ3v) is 5.06. The van der Waals surface area contributed by atoms with Crippen molar-refractivity contribution in [2.75, 3.05) is 18.5 Å². The number of hydrogen-bond donors (Lipinski definition) is 1. The first kappa shape index (κ1) is 18.9. The van der Waals surface area contributed by atoms with Crippen LogP contribution in [0.4, 0.5) is 5.69 Å². The molecule has 0 saturated carbocycles. The lowest BCUT2D eigenvalue weighted by Crippen LogP contribution is -2.36. The molecule has 0 aromatic heterocycles. The molecule has 4 nitrogen and oxygen atoms in total. The maximum Gasteiger partial charge on any atom is 0.261 e. The van der Waals surface area contributed by atoms with E-state index in [4.69, 9.17) is 27.9 Å². The highest BCUT2D eigenvalue weighted by molar-refractivity contribution is 6.35. The summed E-state index contributed by atoms with van der Waals surface area (Å²) in [7, 11) is 2.11. The minimum atomic E-state index is -0.655. The molecule has 1 atom stereocenters. The van der Waals surface area contributed by atoms with E-state index in [-0.39, 0.29) is 5.91 Å². The quantitative estimate of drug-likeness (QED) is 0.816. The Morgan fingerprint density at radius 2 is 2.08 bits per heavy atom. The van der Waals surface area contributed by atoms with Gasteiger partial charge in [-0.05, 0) is 55.2 Å². The lowest BCUT2D eigenvalue weighted by molar-refractivity contribution is -0.127. The molecule has 1 aliphatic heterocycles. The topological polar surface area (TPSA) is 41.6 Å². The van der Waals surface area contributed by atoms with Gasteiger partial charge in [-0.1, -0.05) is 35.3 Å².